The van der Waals surface area contributed by atoms with Gasteiger partial charge in [-0.05, 0) is 35.0 Å². The molecule has 0 saturated carbocycles. The zero-order valence-corrected chi connectivity index (χ0v) is 7.44. The highest BCUT2D eigenvalue weighted by Crippen LogP contribution is 2.20. The highest BCUT2D eigenvalue weighted by Gasteiger charge is 2.06. The molecule has 1 nitrogen and oxygen atoms in total. The molecule has 56 valence electrons. The topological polar surface area (TPSA) is 23.8 Å². The number of rotatable bonds is 0. The van der Waals surface area contributed by atoms with Crippen molar-refractivity contribution in [3.8, 4) is 6.07 Å². The van der Waals surface area contributed by atoms with E-state index >= 15 is 0 Å². The fourth-order valence-electron chi connectivity index (χ4n) is 0.773. The summed E-state index contributed by atoms with van der Waals surface area (Å²) in [5.74, 6) is -0.357. The predicted octanol–water partition coefficient (Wildman–Crippen LogP) is 2.77. The molecule has 0 unspecified atom stereocenters. The van der Waals surface area contributed by atoms with E-state index in [-0.39, 0.29) is 5.82 Å². The Morgan fingerprint density at radius 1 is 1.55 bits per heavy atom. The summed E-state index contributed by atoms with van der Waals surface area (Å²) in [4.78, 5) is 0. The summed E-state index contributed by atoms with van der Waals surface area (Å²) < 4.78 is 13.4. The van der Waals surface area contributed by atoms with Crippen LogP contribution < -0.4 is 0 Å². The molecule has 0 aliphatic carbocycles. The molecule has 3 heteroatoms. The van der Waals surface area contributed by atoms with Gasteiger partial charge >= 0.3 is 0 Å². The highest BCUT2D eigenvalue weighted by molar-refractivity contribution is 9.10. The third-order valence-electron chi connectivity index (χ3n) is 1.46. The number of benzene rings is 1. The van der Waals surface area contributed by atoms with Gasteiger partial charge in [0.1, 0.15) is 5.82 Å². The molecule has 0 fully saturated rings. The second-order valence-electron chi connectivity index (χ2n) is 2.15. The van der Waals surface area contributed by atoms with Crippen molar-refractivity contribution < 1.29 is 4.39 Å². The van der Waals surface area contributed by atoms with Crippen molar-refractivity contribution in [2.45, 2.75) is 6.92 Å². The molecule has 0 saturated heterocycles. The van der Waals surface area contributed by atoms with Gasteiger partial charge < -0.3 is 0 Å². The van der Waals surface area contributed by atoms with E-state index in [0.29, 0.717) is 15.6 Å². The summed E-state index contributed by atoms with van der Waals surface area (Å²) in [5.41, 5.74) is 0.771. The van der Waals surface area contributed by atoms with Crippen LogP contribution in [0.2, 0.25) is 0 Å². The van der Waals surface area contributed by atoms with E-state index in [0.717, 1.165) is 0 Å². The first-order valence-corrected chi connectivity index (χ1v) is 3.81. The number of nitriles is 1. The van der Waals surface area contributed by atoms with E-state index in [1.54, 1.807) is 13.0 Å². The fraction of sp³-hybridized carbons (Fsp3) is 0.125. The second-order valence-corrected chi connectivity index (χ2v) is 3.00. The molecule has 1 rings (SSSR count). The van der Waals surface area contributed by atoms with Crippen molar-refractivity contribution in [2.75, 3.05) is 0 Å². The number of hydrogen-bond acceptors (Lipinski definition) is 1. The molecule has 11 heavy (non-hydrogen) atoms. The van der Waals surface area contributed by atoms with Crippen LogP contribution in [-0.4, -0.2) is 0 Å². The van der Waals surface area contributed by atoms with Gasteiger partial charge in [0.25, 0.3) is 0 Å². The molecule has 0 aromatic heterocycles. The third kappa shape index (κ3) is 1.41. The number of hydrogen-bond donors (Lipinski definition) is 0. The largest absolute Gasteiger partial charge is 0.205 e. The molecule has 0 aliphatic rings. The molecule has 0 amide bonds. The minimum absolute atomic E-state index is 0.357. The molecule has 1 aromatic carbocycles. The lowest BCUT2D eigenvalue weighted by Gasteiger charge is -1.99. The van der Waals surface area contributed by atoms with E-state index in [2.05, 4.69) is 15.9 Å². The first-order chi connectivity index (χ1) is 5.16. The van der Waals surface area contributed by atoms with E-state index in [4.69, 9.17) is 5.26 Å². The van der Waals surface area contributed by atoms with Gasteiger partial charge in [0.15, 0.2) is 0 Å². The van der Waals surface area contributed by atoms with Crippen molar-refractivity contribution in [1.82, 2.24) is 0 Å². The Bertz CT molecular complexity index is 328. The van der Waals surface area contributed by atoms with Gasteiger partial charge in [-0.3, -0.25) is 0 Å². The molecular weight excluding hydrogens is 209 g/mol. The van der Waals surface area contributed by atoms with Crippen molar-refractivity contribution in [3.63, 3.8) is 0 Å². The molecule has 0 radical (unpaired) electrons. The summed E-state index contributed by atoms with van der Waals surface area (Å²) in [6.45, 7) is 1.58. The van der Waals surface area contributed by atoms with Crippen molar-refractivity contribution in [1.29, 1.82) is 5.26 Å². The Kier molecular flexibility index (Phi) is 2.25. The maximum atomic E-state index is 13.0. The zero-order valence-electron chi connectivity index (χ0n) is 5.86. The van der Waals surface area contributed by atoms with Gasteiger partial charge in [-0.1, -0.05) is 0 Å². The Labute approximate surface area is 72.6 Å². The quantitative estimate of drug-likeness (QED) is 0.651. The van der Waals surface area contributed by atoms with Crippen LogP contribution in [-0.2, 0) is 0 Å². The summed E-state index contributed by atoms with van der Waals surface area (Å²) in [7, 11) is 0. The smallest absolute Gasteiger partial charge is 0.141 e. The van der Waals surface area contributed by atoms with Gasteiger partial charge in [0, 0.05) is 5.56 Å². The molecule has 0 atom stereocenters. The third-order valence-corrected chi connectivity index (χ3v) is 2.07. The lowest BCUT2D eigenvalue weighted by molar-refractivity contribution is 0.611. The molecule has 0 heterocycles. The van der Waals surface area contributed by atoms with Crippen molar-refractivity contribution in [2.24, 2.45) is 0 Å². The van der Waals surface area contributed by atoms with Crippen molar-refractivity contribution in [3.05, 3.63) is 33.5 Å². The summed E-state index contributed by atoms with van der Waals surface area (Å²) in [6.07, 6.45) is 0. The van der Waals surface area contributed by atoms with E-state index in [9.17, 15) is 4.39 Å². The van der Waals surface area contributed by atoms with Gasteiger partial charge in [-0.25, -0.2) is 4.39 Å². The first kappa shape index (κ1) is 8.22. The molecule has 1 aromatic rings. The maximum absolute atomic E-state index is 13.0. The number of nitrogens with zero attached hydrogens (tertiary/aromatic N) is 1. The van der Waals surface area contributed by atoms with Crippen LogP contribution in [0.1, 0.15) is 11.1 Å². The average molecular weight is 214 g/mol. The molecule has 0 aliphatic heterocycles. The average Bonchev–Trinajstić information content (AvgIpc) is 2.01. The zero-order chi connectivity index (χ0) is 8.43. The SMILES string of the molecule is Cc1c(C#N)ccc(Br)c1F. The molecule has 0 spiro atoms. The number of halogens is 2. The summed E-state index contributed by atoms with van der Waals surface area (Å²) in [6, 6.07) is 5.02. The lowest BCUT2D eigenvalue weighted by atomic mass is 10.1. The Morgan fingerprint density at radius 2 is 2.18 bits per heavy atom. The van der Waals surface area contributed by atoms with Crippen LogP contribution in [0.5, 0.6) is 0 Å². The minimum atomic E-state index is -0.357. The lowest BCUT2D eigenvalue weighted by Crippen LogP contribution is -1.88. The fourth-order valence-corrected chi connectivity index (χ4v) is 1.20. The van der Waals surface area contributed by atoms with E-state index in [1.807, 2.05) is 6.07 Å². The molecular formula is C8H5BrFN. The van der Waals surface area contributed by atoms with Crippen LogP contribution in [0.4, 0.5) is 4.39 Å². The standard InChI is InChI=1S/C8H5BrFN/c1-5-6(4-11)2-3-7(9)8(5)10/h2-3H,1H3. The van der Waals surface area contributed by atoms with E-state index < -0.39 is 0 Å². The van der Waals surface area contributed by atoms with Gasteiger partial charge in [-0.15, -0.1) is 0 Å². The molecule has 0 N–H and O–H groups in total. The minimum Gasteiger partial charge on any atom is -0.205 e. The second kappa shape index (κ2) is 3.02. The van der Waals surface area contributed by atoms with Gasteiger partial charge in [-0.2, -0.15) is 5.26 Å². The Hall–Kier alpha value is -0.880. The summed E-state index contributed by atoms with van der Waals surface area (Å²) in [5, 5.41) is 8.50. The van der Waals surface area contributed by atoms with Crippen LogP contribution in [0.15, 0.2) is 16.6 Å². The van der Waals surface area contributed by atoms with Crippen LogP contribution in [0.25, 0.3) is 0 Å². The van der Waals surface area contributed by atoms with Crippen LogP contribution in [0.3, 0.4) is 0 Å². The Balaban J connectivity index is 3.40. The summed E-state index contributed by atoms with van der Waals surface area (Å²) >= 11 is 3.02. The first-order valence-electron chi connectivity index (χ1n) is 3.01. The van der Waals surface area contributed by atoms with E-state index in [1.165, 1.54) is 6.07 Å². The van der Waals surface area contributed by atoms with Crippen LogP contribution >= 0.6 is 15.9 Å². The maximum Gasteiger partial charge on any atom is 0.141 e. The monoisotopic (exact) mass is 213 g/mol. The van der Waals surface area contributed by atoms with Gasteiger partial charge in [0.2, 0.25) is 0 Å². The normalized spacial score (nSPS) is 9.27. The highest BCUT2D eigenvalue weighted by atomic mass is 79.9. The molecule has 0 bridgehead atoms. The van der Waals surface area contributed by atoms with Crippen LogP contribution in [0, 0.1) is 24.1 Å². The Morgan fingerprint density at radius 3 is 2.73 bits per heavy atom. The predicted molar refractivity (Wildman–Crippen MR) is 43.6 cm³/mol. The van der Waals surface area contributed by atoms with Crippen molar-refractivity contribution >= 4 is 15.9 Å². The van der Waals surface area contributed by atoms with Gasteiger partial charge in [0.05, 0.1) is 16.1 Å².